The van der Waals surface area contributed by atoms with Gasteiger partial charge < -0.3 is 10.2 Å². The molecule has 1 N–H and O–H groups in total. The average molecular weight is 288 g/mol. The lowest BCUT2D eigenvalue weighted by Crippen LogP contribution is -2.45. The van der Waals surface area contributed by atoms with E-state index >= 15 is 0 Å². The molecule has 1 aliphatic rings. The zero-order valence-corrected chi connectivity index (χ0v) is 12.9. The molecule has 1 atom stereocenters. The molecule has 114 valence electrons. The minimum Gasteiger partial charge on any atom is -0.327 e. The van der Waals surface area contributed by atoms with Crippen LogP contribution < -0.4 is 5.32 Å². The number of unbranched alkanes of at least 4 members (excludes halogenated alkanes) is 3. The molecule has 0 saturated heterocycles. The van der Waals surface area contributed by atoms with Gasteiger partial charge in [-0.2, -0.15) is 0 Å². The van der Waals surface area contributed by atoms with Crippen LogP contribution in [-0.4, -0.2) is 29.3 Å². The lowest BCUT2D eigenvalue weighted by Gasteiger charge is -2.27. The normalized spacial score (nSPS) is 18.2. The van der Waals surface area contributed by atoms with Crippen molar-refractivity contribution in [2.75, 3.05) is 11.9 Å². The first-order valence-electron chi connectivity index (χ1n) is 7.89. The second-order valence-electron chi connectivity index (χ2n) is 5.52. The number of nitrogens with one attached hydrogen (secondary N) is 1. The third kappa shape index (κ3) is 3.43. The van der Waals surface area contributed by atoms with Gasteiger partial charge in [0.1, 0.15) is 6.04 Å². The monoisotopic (exact) mass is 288 g/mol. The van der Waals surface area contributed by atoms with E-state index in [1.165, 1.54) is 6.42 Å². The Bertz CT molecular complexity index is 513. The van der Waals surface area contributed by atoms with Crippen LogP contribution >= 0.6 is 0 Å². The molecule has 4 nitrogen and oxygen atoms in total. The van der Waals surface area contributed by atoms with Crippen molar-refractivity contribution in [2.24, 2.45) is 0 Å². The number of nitrogens with zero attached hydrogens (tertiary/aromatic N) is 1. The number of hydrogen-bond acceptors (Lipinski definition) is 2. The molecule has 0 aromatic heterocycles. The molecule has 0 spiro atoms. The molecule has 0 fully saturated rings. The Morgan fingerprint density at radius 3 is 2.57 bits per heavy atom. The Morgan fingerprint density at radius 1 is 1.10 bits per heavy atom. The van der Waals surface area contributed by atoms with Gasteiger partial charge in [0, 0.05) is 6.54 Å². The first kappa shape index (κ1) is 15.5. The molecule has 21 heavy (non-hydrogen) atoms. The molecule has 2 amide bonds. The summed E-state index contributed by atoms with van der Waals surface area (Å²) in [5, 5.41) is 2.88. The zero-order valence-electron chi connectivity index (χ0n) is 12.9. The Hall–Kier alpha value is -1.84. The minimum absolute atomic E-state index is 0.0349. The van der Waals surface area contributed by atoms with Gasteiger partial charge in [0.15, 0.2) is 0 Å². The summed E-state index contributed by atoms with van der Waals surface area (Å²) in [5.74, 6) is -0.112. The van der Waals surface area contributed by atoms with Crippen LogP contribution in [-0.2, 0) is 4.79 Å². The fourth-order valence-electron chi connectivity index (χ4n) is 2.80. The van der Waals surface area contributed by atoms with E-state index in [1.54, 1.807) is 17.0 Å². The largest absolute Gasteiger partial charge is 0.327 e. The van der Waals surface area contributed by atoms with Crippen molar-refractivity contribution >= 4 is 17.5 Å². The molecule has 1 aliphatic heterocycles. The van der Waals surface area contributed by atoms with Gasteiger partial charge >= 0.3 is 0 Å². The van der Waals surface area contributed by atoms with Crippen molar-refractivity contribution in [1.82, 2.24) is 4.90 Å². The maximum absolute atomic E-state index is 12.7. The van der Waals surface area contributed by atoms with Crippen molar-refractivity contribution in [3.05, 3.63) is 29.8 Å². The molecule has 1 heterocycles. The number of benzene rings is 1. The highest BCUT2D eigenvalue weighted by molar-refractivity contribution is 6.09. The number of carbonyl (C=O) groups excluding carboxylic acids is 2. The van der Waals surface area contributed by atoms with Crippen molar-refractivity contribution in [3.8, 4) is 0 Å². The summed E-state index contributed by atoms with van der Waals surface area (Å²) < 4.78 is 0. The van der Waals surface area contributed by atoms with Gasteiger partial charge in [-0.3, -0.25) is 9.59 Å². The Labute approximate surface area is 126 Å². The standard InChI is InChI=1S/C17H24N2O2/c1-3-5-6-9-12-19-15(4-2)16(20)18-14-11-8-7-10-13(14)17(19)21/h7-8,10-11,15H,3-6,9,12H2,1-2H3,(H,18,20)/t15-/m0/s1. The average Bonchev–Trinajstić information content (AvgIpc) is 2.59. The van der Waals surface area contributed by atoms with Crippen LogP contribution in [0.2, 0.25) is 0 Å². The predicted octanol–water partition coefficient (Wildman–Crippen LogP) is 3.44. The maximum atomic E-state index is 12.7. The summed E-state index contributed by atoms with van der Waals surface area (Å²) in [4.78, 5) is 26.8. The number of carbonyl (C=O) groups is 2. The highest BCUT2D eigenvalue weighted by Gasteiger charge is 2.33. The van der Waals surface area contributed by atoms with Crippen molar-refractivity contribution < 1.29 is 9.59 Å². The van der Waals surface area contributed by atoms with Gasteiger partial charge in [-0.05, 0) is 25.0 Å². The van der Waals surface area contributed by atoms with Crippen molar-refractivity contribution in [3.63, 3.8) is 0 Å². The molecule has 2 rings (SSSR count). The minimum atomic E-state index is -0.369. The topological polar surface area (TPSA) is 49.4 Å². The van der Waals surface area contributed by atoms with E-state index < -0.39 is 0 Å². The van der Waals surface area contributed by atoms with Crippen LogP contribution in [0.4, 0.5) is 5.69 Å². The molecule has 0 radical (unpaired) electrons. The van der Waals surface area contributed by atoms with Gasteiger partial charge in [-0.1, -0.05) is 45.2 Å². The zero-order chi connectivity index (χ0) is 15.2. The number of amides is 2. The fraction of sp³-hybridized carbons (Fsp3) is 0.529. The van der Waals surface area contributed by atoms with Crippen molar-refractivity contribution in [1.29, 1.82) is 0 Å². The molecule has 0 aliphatic carbocycles. The predicted molar refractivity (Wildman–Crippen MR) is 84.3 cm³/mol. The summed E-state index contributed by atoms with van der Waals surface area (Å²) in [6, 6.07) is 6.88. The Balaban J connectivity index is 2.22. The first-order chi connectivity index (χ1) is 10.2. The summed E-state index contributed by atoms with van der Waals surface area (Å²) in [6.07, 6.45) is 5.01. The van der Waals surface area contributed by atoms with Crippen LogP contribution in [0.3, 0.4) is 0 Å². The van der Waals surface area contributed by atoms with Crippen molar-refractivity contribution in [2.45, 2.75) is 52.0 Å². The molecule has 1 aromatic carbocycles. The van der Waals surface area contributed by atoms with Crippen LogP contribution in [0, 0.1) is 0 Å². The Morgan fingerprint density at radius 2 is 1.86 bits per heavy atom. The van der Waals surface area contributed by atoms with Gasteiger partial charge in [-0.25, -0.2) is 0 Å². The quantitative estimate of drug-likeness (QED) is 0.815. The summed E-state index contributed by atoms with van der Waals surface area (Å²) >= 11 is 0. The van der Waals surface area contributed by atoms with E-state index in [0.717, 1.165) is 19.3 Å². The van der Waals surface area contributed by atoms with Gasteiger partial charge in [0.05, 0.1) is 11.3 Å². The van der Waals surface area contributed by atoms with Gasteiger partial charge in [0.25, 0.3) is 5.91 Å². The van der Waals surface area contributed by atoms with E-state index in [9.17, 15) is 9.59 Å². The van der Waals surface area contributed by atoms with Gasteiger partial charge in [-0.15, -0.1) is 0 Å². The molecule has 0 saturated carbocycles. The molecule has 1 aromatic rings. The molecule has 4 heteroatoms. The second-order valence-corrected chi connectivity index (χ2v) is 5.52. The van der Waals surface area contributed by atoms with E-state index in [-0.39, 0.29) is 17.9 Å². The third-order valence-electron chi connectivity index (χ3n) is 3.99. The SMILES string of the molecule is CCCCCCN1C(=O)c2ccccc2NC(=O)[C@@H]1CC. The lowest BCUT2D eigenvalue weighted by atomic mass is 10.1. The second kappa shape index (κ2) is 7.25. The molecule has 0 bridgehead atoms. The number of anilines is 1. The van der Waals surface area contributed by atoms with E-state index in [0.29, 0.717) is 24.2 Å². The van der Waals surface area contributed by atoms with Crippen LogP contribution in [0.25, 0.3) is 0 Å². The summed E-state index contributed by atoms with van der Waals surface area (Å²) in [5.41, 5.74) is 1.22. The molecule has 0 unspecified atom stereocenters. The summed E-state index contributed by atoms with van der Waals surface area (Å²) in [6.45, 7) is 4.77. The van der Waals surface area contributed by atoms with Crippen LogP contribution in [0.5, 0.6) is 0 Å². The van der Waals surface area contributed by atoms with Gasteiger partial charge in [0.2, 0.25) is 5.91 Å². The van der Waals surface area contributed by atoms with E-state index in [1.807, 2.05) is 19.1 Å². The Kier molecular flexibility index (Phi) is 5.37. The smallest absolute Gasteiger partial charge is 0.256 e. The number of fused-ring (bicyclic) bond motifs is 1. The lowest BCUT2D eigenvalue weighted by molar-refractivity contribution is -0.120. The number of para-hydroxylation sites is 1. The highest BCUT2D eigenvalue weighted by Crippen LogP contribution is 2.24. The third-order valence-corrected chi connectivity index (χ3v) is 3.99. The highest BCUT2D eigenvalue weighted by atomic mass is 16.2. The van der Waals surface area contributed by atoms with E-state index in [2.05, 4.69) is 12.2 Å². The van der Waals surface area contributed by atoms with E-state index in [4.69, 9.17) is 0 Å². The maximum Gasteiger partial charge on any atom is 0.256 e. The van der Waals surface area contributed by atoms with Crippen LogP contribution in [0.15, 0.2) is 24.3 Å². The molecular formula is C17H24N2O2. The number of hydrogen-bond donors (Lipinski definition) is 1. The fourth-order valence-corrected chi connectivity index (χ4v) is 2.80. The van der Waals surface area contributed by atoms with Crippen LogP contribution in [0.1, 0.15) is 56.3 Å². The summed E-state index contributed by atoms with van der Waals surface area (Å²) in [7, 11) is 0. The first-order valence-corrected chi connectivity index (χ1v) is 7.89. The molecular weight excluding hydrogens is 264 g/mol. The number of rotatable bonds is 6.